The number of fused-ring (bicyclic) bond motifs is 1. The lowest BCUT2D eigenvalue weighted by Gasteiger charge is -1.98. The first-order chi connectivity index (χ1) is 5.38. The van der Waals surface area contributed by atoms with Crippen molar-refractivity contribution in [2.24, 2.45) is 0 Å². The van der Waals surface area contributed by atoms with E-state index in [0.717, 1.165) is 15.6 Å². The molecular formula is C9H8NO+. The Hall–Kier alpha value is -1.57. The van der Waals surface area contributed by atoms with E-state index in [1.165, 1.54) is 6.20 Å². The molecule has 1 aromatic carbocycles. The van der Waals surface area contributed by atoms with E-state index < -0.39 is 0 Å². The van der Waals surface area contributed by atoms with Gasteiger partial charge in [0, 0.05) is 17.5 Å². The number of aromatic nitrogens is 1. The minimum absolute atomic E-state index is 0. The lowest BCUT2D eigenvalue weighted by molar-refractivity contribution is -0.577. The molecule has 2 heteroatoms. The molecule has 0 atom stereocenters. The lowest BCUT2D eigenvalue weighted by atomic mass is 10.2. The first-order valence-corrected chi connectivity index (χ1v) is 3.45. The van der Waals surface area contributed by atoms with Gasteiger partial charge in [-0.25, -0.2) is 0 Å². The van der Waals surface area contributed by atoms with Crippen LogP contribution in [0.5, 0.6) is 0 Å². The van der Waals surface area contributed by atoms with Crippen LogP contribution < -0.4 is 4.73 Å². The van der Waals surface area contributed by atoms with Gasteiger partial charge in [0.1, 0.15) is 0 Å². The summed E-state index contributed by atoms with van der Waals surface area (Å²) >= 11 is 0. The number of para-hydroxylation sites is 1. The van der Waals surface area contributed by atoms with Gasteiger partial charge in [0.05, 0.1) is 0 Å². The van der Waals surface area contributed by atoms with Crippen LogP contribution in [0.1, 0.15) is 1.43 Å². The monoisotopic (exact) mass is 146 g/mol. The van der Waals surface area contributed by atoms with Gasteiger partial charge in [-0.05, 0) is 12.1 Å². The largest absolute Gasteiger partial charge is 1.00 e. The van der Waals surface area contributed by atoms with Crippen LogP contribution in [-0.2, 0) is 0 Å². The summed E-state index contributed by atoms with van der Waals surface area (Å²) in [5.74, 6) is 0. The molecule has 0 unspecified atom stereocenters. The number of hydrogen-bond acceptors (Lipinski definition) is 1. The fourth-order valence-electron chi connectivity index (χ4n) is 1.13. The summed E-state index contributed by atoms with van der Waals surface area (Å²) in [6, 6.07) is 11.2. The molecule has 0 radical (unpaired) electrons. The molecule has 2 nitrogen and oxygen atoms in total. The number of rotatable bonds is 0. The molecule has 1 heterocycles. The van der Waals surface area contributed by atoms with Crippen LogP contribution in [-0.4, -0.2) is 0 Å². The third-order valence-electron chi connectivity index (χ3n) is 1.67. The molecule has 0 fully saturated rings. The van der Waals surface area contributed by atoms with Gasteiger partial charge in [-0.1, -0.05) is 12.1 Å². The average molecular weight is 146 g/mol. The molecule has 11 heavy (non-hydrogen) atoms. The third kappa shape index (κ3) is 0.923. The minimum atomic E-state index is 0. The van der Waals surface area contributed by atoms with Crippen molar-refractivity contribution in [3.63, 3.8) is 0 Å². The van der Waals surface area contributed by atoms with E-state index in [1.807, 2.05) is 30.3 Å². The molecule has 0 saturated carbocycles. The Morgan fingerprint density at radius 3 is 2.64 bits per heavy atom. The van der Waals surface area contributed by atoms with Crippen molar-refractivity contribution in [3.05, 3.63) is 47.8 Å². The molecule has 54 valence electrons. The van der Waals surface area contributed by atoms with Crippen molar-refractivity contribution in [1.82, 2.24) is 0 Å². The van der Waals surface area contributed by atoms with E-state index in [0.29, 0.717) is 0 Å². The van der Waals surface area contributed by atoms with Gasteiger partial charge < -0.3 is 5.21 Å². The molecule has 0 aliphatic carbocycles. The van der Waals surface area contributed by atoms with Crippen molar-refractivity contribution in [3.8, 4) is 0 Å². The second-order valence-electron chi connectivity index (χ2n) is 2.39. The summed E-state index contributed by atoms with van der Waals surface area (Å²) in [5, 5.41) is 12.1. The van der Waals surface area contributed by atoms with Gasteiger partial charge in [-0.2, -0.15) is 4.73 Å². The van der Waals surface area contributed by atoms with Gasteiger partial charge in [0.15, 0.2) is 6.20 Å². The van der Waals surface area contributed by atoms with E-state index in [-0.39, 0.29) is 1.43 Å². The minimum Gasteiger partial charge on any atom is -0.618 e. The summed E-state index contributed by atoms with van der Waals surface area (Å²) in [6.45, 7) is 0. The molecule has 2 aromatic rings. The maximum Gasteiger partial charge on any atom is 1.00 e. The van der Waals surface area contributed by atoms with Crippen molar-refractivity contribution < 1.29 is 6.16 Å². The summed E-state index contributed by atoms with van der Waals surface area (Å²) in [7, 11) is 0. The van der Waals surface area contributed by atoms with E-state index in [2.05, 4.69) is 0 Å². The molecular weight excluding hydrogens is 138 g/mol. The Balaban J connectivity index is 0.000000720. The summed E-state index contributed by atoms with van der Waals surface area (Å²) in [4.78, 5) is 0. The van der Waals surface area contributed by atoms with Gasteiger partial charge in [-0.15, -0.1) is 0 Å². The van der Waals surface area contributed by atoms with Crippen LogP contribution in [0.3, 0.4) is 0 Å². The first-order valence-electron chi connectivity index (χ1n) is 3.45. The zero-order chi connectivity index (χ0) is 7.68. The Morgan fingerprint density at radius 2 is 1.82 bits per heavy atom. The first kappa shape index (κ1) is 6.16. The van der Waals surface area contributed by atoms with Crippen LogP contribution in [0.4, 0.5) is 0 Å². The lowest BCUT2D eigenvalue weighted by Crippen LogP contribution is -2.25. The second kappa shape index (κ2) is 2.23. The molecule has 0 saturated heterocycles. The van der Waals surface area contributed by atoms with Crippen molar-refractivity contribution in [1.29, 1.82) is 0 Å². The molecule has 2 rings (SSSR count). The summed E-state index contributed by atoms with van der Waals surface area (Å²) in [6.07, 6.45) is 1.50. The van der Waals surface area contributed by atoms with Crippen LogP contribution in [0.15, 0.2) is 42.6 Å². The van der Waals surface area contributed by atoms with Crippen LogP contribution >= 0.6 is 0 Å². The highest BCUT2D eigenvalue weighted by atomic mass is 16.5. The Bertz CT molecular complexity index is 384. The highest BCUT2D eigenvalue weighted by Crippen LogP contribution is 2.06. The predicted molar refractivity (Wildman–Crippen MR) is 44.0 cm³/mol. The molecule has 0 aliphatic rings. The maximum absolute atomic E-state index is 11.1. The number of pyridine rings is 1. The predicted octanol–water partition coefficient (Wildman–Crippen LogP) is 1.59. The Labute approximate surface area is 65.8 Å². The second-order valence-corrected chi connectivity index (χ2v) is 2.39. The van der Waals surface area contributed by atoms with Gasteiger partial charge >= 0.3 is 1.43 Å². The molecule has 1 aromatic heterocycles. The molecule has 0 amide bonds. The fourth-order valence-corrected chi connectivity index (χ4v) is 1.13. The van der Waals surface area contributed by atoms with Crippen LogP contribution in [0.2, 0.25) is 0 Å². The van der Waals surface area contributed by atoms with Crippen molar-refractivity contribution >= 4 is 10.9 Å². The van der Waals surface area contributed by atoms with E-state index in [9.17, 15) is 5.21 Å². The molecule has 0 spiro atoms. The maximum atomic E-state index is 11.1. The van der Waals surface area contributed by atoms with Gasteiger partial charge in [0.25, 0.3) is 0 Å². The Kier molecular flexibility index (Phi) is 1.25. The topological polar surface area (TPSA) is 26.9 Å². The normalized spacial score (nSPS) is 10.2. The third-order valence-corrected chi connectivity index (χ3v) is 1.67. The van der Waals surface area contributed by atoms with E-state index in [4.69, 9.17) is 0 Å². The highest BCUT2D eigenvalue weighted by Gasteiger charge is 1.97. The zero-order valence-corrected chi connectivity index (χ0v) is 5.90. The summed E-state index contributed by atoms with van der Waals surface area (Å²) < 4.78 is 0.870. The smallest absolute Gasteiger partial charge is 0.618 e. The van der Waals surface area contributed by atoms with Crippen molar-refractivity contribution in [2.45, 2.75) is 0 Å². The zero-order valence-electron chi connectivity index (χ0n) is 6.90. The molecule has 0 N–H and O–H groups in total. The van der Waals surface area contributed by atoms with Gasteiger partial charge in [-0.3, -0.25) is 0 Å². The van der Waals surface area contributed by atoms with Gasteiger partial charge in [0.2, 0.25) is 5.52 Å². The van der Waals surface area contributed by atoms with Crippen LogP contribution in [0.25, 0.3) is 10.9 Å². The highest BCUT2D eigenvalue weighted by molar-refractivity contribution is 5.74. The summed E-state index contributed by atoms with van der Waals surface area (Å²) in [5.41, 5.74) is 0.718. The molecule has 0 bridgehead atoms. The number of hydrogen-bond donors (Lipinski definition) is 0. The Morgan fingerprint density at radius 1 is 1.09 bits per heavy atom. The van der Waals surface area contributed by atoms with Crippen molar-refractivity contribution in [2.75, 3.05) is 0 Å². The SMILES string of the molecule is [H+].[O-][n+]1cccc2ccccc21. The average Bonchev–Trinajstić information content (AvgIpc) is 2.06. The van der Waals surface area contributed by atoms with E-state index >= 15 is 0 Å². The number of benzene rings is 1. The molecule has 0 aliphatic heterocycles. The van der Waals surface area contributed by atoms with E-state index in [1.54, 1.807) is 6.07 Å². The quantitative estimate of drug-likeness (QED) is 0.409. The standard InChI is InChI=1S/C9H7NO/c11-10-7-3-5-8-4-1-2-6-9(8)10/h1-7H/p+1. The fraction of sp³-hybridized carbons (Fsp3) is 0. The van der Waals surface area contributed by atoms with Crippen LogP contribution in [0, 0.1) is 5.21 Å². The number of nitrogens with zero attached hydrogens (tertiary/aromatic N) is 1.